The largest absolute Gasteiger partial charge is 0.294 e. The van der Waals surface area contributed by atoms with Gasteiger partial charge in [-0.1, -0.05) is 48.5 Å². The van der Waals surface area contributed by atoms with Gasteiger partial charge in [0.25, 0.3) is 0 Å². The van der Waals surface area contributed by atoms with E-state index in [0.717, 1.165) is 46.1 Å². The number of carbonyl (C=O) groups is 1. The molecular formula is C19H15NO. The standard InChI is InChI=1S/C19H15NO/c21-17-12-6-11-16-19(17)18(13-7-2-1-3-8-13)14-9-4-5-10-15(14)20-16/h1-5,7-10H,6,11-12H2. The third-order valence-corrected chi connectivity index (χ3v) is 4.13. The molecule has 0 aliphatic heterocycles. The summed E-state index contributed by atoms with van der Waals surface area (Å²) in [6.07, 6.45) is 2.43. The third kappa shape index (κ3) is 1.95. The summed E-state index contributed by atoms with van der Waals surface area (Å²) in [7, 11) is 0. The van der Waals surface area contributed by atoms with E-state index in [2.05, 4.69) is 18.2 Å². The number of rotatable bonds is 1. The highest BCUT2D eigenvalue weighted by atomic mass is 16.1. The second-order valence-corrected chi connectivity index (χ2v) is 5.47. The van der Waals surface area contributed by atoms with Crippen LogP contribution in [0.2, 0.25) is 0 Å². The van der Waals surface area contributed by atoms with Crippen molar-refractivity contribution in [3.63, 3.8) is 0 Å². The van der Waals surface area contributed by atoms with Crippen LogP contribution in [0.5, 0.6) is 0 Å². The zero-order chi connectivity index (χ0) is 14.2. The average Bonchev–Trinajstić information content (AvgIpc) is 2.54. The molecule has 21 heavy (non-hydrogen) atoms. The van der Waals surface area contributed by atoms with E-state index in [1.165, 1.54) is 0 Å². The second kappa shape index (κ2) is 4.81. The fourth-order valence-electron chi connectivity index (χ4n) is 3.19. The van der Waals surface area contributed by atoms with Crippen LogP contribution in [0.4, 0.5) is 0 Å². The Hall–Kier alpha value is -2.48. The van der Waals surface area contributed by atoms with E-state index in [1.54, 1.807) is 0 Å². The van der Waals surface area contributed by atoms with E-state index < -0.39 is 0 Å². The van der Waals surface area contributed by atoms with Crippen LogP contribution < -0.4 is 0 Å². The number of aromatic nitrogens is 1. The summed E-state index contributed by atoms with van der Waals surface area (Å²) in [4.78, 5) is 17.2. The summed E-state index contributed by atoms with van der Waals surface area (Å²) < 4.78 is 0. The molecule has 1 aliphatic carbocycles. The Morgan fingerprint density at radius 1 is 0.810 bits per heavy atom. The van der Waals surface area contributed by atoms with Gasteiger partial charge in [-0.05, 0) is 24.5 Å². The van der Waals surface area contributed by atoms with Crippen LogP contribution in [0.3, 0.4) is 0 Å². The van der Waals surface area contributed by atoms with Crippen LogP contribution in [0.25, 0.3) is 22.0 Å². The summed E-state index contributed by atoms with van der Waals surface area (Å²) in [5.41, 5.74) is 4.93. The fourth-order valence-corrected chi connectivity index (χ4v) is 3.19. The van der Waals surface area contributed by atoms with Crippen LogP contribution in [-0.4, -0.2) is 10.8 Å². The predicted molar refractivity (Wildman–Crippen MR) is 84.4 cm³/mol. The van der Waals surface area contributed by atoms with Crippen molar-refractivity contribution in [1.82, 2.24) is 4.98 Å². The Bertz CT molecular complexity index is 837. The monoisotopic (exact) mass is 273 g/mol. The summed E-state index contributed by atoms with van der Waals surface area (Å²) >= 11 is 0. The molecule has 2 heteroatoms. The predicted octanol–water partition coefficient (Wildman–Crippen LogP) is 4.42. The van der Waals surface area contributed by atoms with E-state index in [1.807, 2.05) is 36.4 Å². The first-order valence-electron chi connectivity index (χ1n) is 7.35. The Morgan fingerprint density at radius 3 is 2.43 bits per heavy atom. The van der Waals surface area contributed by atoms with Gasteiger partial charge in [0.15, 0.2) is 5.78 Å². The number of hydrogen-bond donors (Lipinski definition) is 0. The number of hydrogen-bond acceptors (Lipinski definition) is 2. The summed E-state index contributed by atoms with van der Waals surface area (Å²) in [6.45, 7) is 0. The molecule has 0 saturated heterocycles. The lowest BCUT2D eigenvalue weighted by Gasteiger charge is -2.20. The molecule has 0 bridgehead atoms. The first kappa shape index (κ1) is 12.3. The molecule has 102 valence electrons. The lowest BCUT2D eigenvalue weighted by molar-refractivity contribution is 0.0972. The molecule has 0 saturated carbocycles. The second-order valence-electron chi connectivity index (χ2n) is 5.47. The highest BCUT2D eigenvalue weighted by molar-refractivity contribution is 6.11. The van der Waals surface area contributed by atoms with E-state index in [9.17, 15) is 4.79 Å². The number of nitrogens with zero attached hydrogens (tertiary/aromatic N) is 1. The number of fused-ring (bicyclic) bond motifs is 2. The van der Waals surface area contributed by atoms with Gasteiger partial charge >= 0.3 is 0 Å². The van der Waals surface area contributed by atoms with Crippen molar-refractivity contribution in [3.05, 3.63) is 65.9 Å². The minimum atomic E-state index is 0.230. The van der Waals surface area contributed by atoms with Crippen LogP contribution >= 0.6 is 0 Å². The van der Waals surface area contributed by atoms with Crippen molar-refractivity contribution < 1.29 is 4.79 Å². The van der Waals surface area contributed by atoms with E-state index in [-0.39, 0.29) is 5.78 Å². The van der Waals surface area contributed by atoms with Crippen LogP contribution in [0, 0.1) is 0 Å². The molecule has 0 N–H and O–H groups in total. The zero-order valence-corrected chi connectivity index (χ0v) is 11.7. The number of para-hydroxylation sites is 1. The van der Waals surface area contributed by atoms with E-state index in [4.69, 9.17) is 4.98 Å². The SMILES string of the molecule is O=C1CCCc2nc3ccccc3c(-c3ccccc3)c21. The Kier molecular flexibility index (Phi) is 2.81. The van der Waals surface area contributed by atoms with Crippen molar-refractivity contribution in [2.75, 3.05) is 0 Å². The first-order chi connectivity index (χ1) is 10.3. The summed E-state index contributed by atoms with van der Waals surface area (Å²) in [5.74, 6) is 0.230. The maximum atomic E-state index is 12.5. The molecular weight excluding hydrogens is 258 g/mol. The highest BCUT2D eigenvalue weighted by Gasteiger charge is 2.24. The topological polar surface area (TPSA) is 30.0 Å². The molecule has 1 heterocycles. The zero-order valence-electron chi connectivity index (χ0n) is 11.7. The van der Waals surface area contributed by atoms with Crippen LogP contribution in [0.15, 0.2) is 54.6 Å². The van der Waals surface area contributed by atoms with Crippen LogP contribution in [0.1, 0.15) is 28.9 Å². The fraction of sp³-hybridized carbons (Fsp3) is 0.158. The molecule has 2 nitrogen and oxygen atoms in total. The number of benzene rings is 2. The van der Waals surface area contributed by atoms with Crippen molar-refractivity contribution in [2.24, 2.45) is 0 Å². The quantitative estimate of drug-likeness (QED) is 0.657. The van der Waals surface area contributed by atoms with Gasteiger partial charge in [0.05, 0.1) is 11.2 Å². The smallest absolute Gasteiger partial charge is 0.165 e. The molecule has 0 fully saturated rings. The Balaban J connectivity index is 2.15. The van der Waals surface area contributed by atoms with Gasteiger partial charge in [-0.2, -0.15) is 0 Å². The molecule has 0 unspecified atom stereocenters. The van der Waals surface area contributed by atoms with Gasteiger partial charge < -0.3 is 0 Å². The van der Waals surface area contributed by atoms with Gasteiger partial charge in [-0.25, -0.2) is 0 Å². The number of Topliss-reactive ketones (excluding diaryl/α,β-unsaturated/α-hetero) is 1. The molecule has 0 amide bonds. The van der Waals surface area contributed by atoms with Crippen molar-refractivity contribution in [2.45, 2.75) is 19.3 Å². The van der Waals surface area contributed by atoms with Gasteiger partial charge in [-0.15, -0.1) is 0 Å². The van der Waals surface area contributed by atoms with Crippen LogP contribution in [-0.2, 0) is 6.42 Å². The van der Waals surface area contributed by atoms with E-state index >= 15 is 0 Å². The molecule has 0 atom stereocenters. The normalized spacial score (nSPS) is 14.2. The maximum absolute atomic E-state index is 12.5. The molecule has 3 aromatic rings. The average molecular weight is 273 g/mol. The molecule has 1 aromatic heterocycles. The molecule has 2 aromatic carbocycles. The number of ketones is 1. The first-order valence-corrected chi connectivity index (χ1v) is 7.35. The number of carbonyl (C=O) groups excluding carboxylic acids is 1. The molecule has 4 rings (SSSR count). The molecule has 0 spiro atoms. The van der Waals surface area contributed by atoms with Crippen molar-refractivity contribution in [1.29, 1.82) is 0 Å². The van der Waals surface area contributed by atoms with E-state index in [0.29, 0.717) is 6.42 Å². The Morgan fingerprint density at radius 2 is 1.57 bits per heavy atom. The number of pyridine rings is 1. The summed E-state index contributed by atoms with van der Waals surface area (Å²) in [5, 5.41) is 1.07. The molecule has 0 radical (unpaired) electrons. The van der Waals surface area contributed by atoms with Crippen molar-refractivity contribution >= 4 is 16.7 Å². The Labute approximate surface area is 123 Å². The minimum Gasteiger partial charge on any atom is -0.294 e. The van der Waals surface area contributed by atoms with Gasteiger partial charge in [0, 0.05) is 22.9 Å². The third-order valence-electron chi connectivity index (χ3n) is 4.13. The van der Waals surface area contributed by atoms with Crippen molar-refractivity contribution in [3.8, 4) is 11.1 Å². The lowest BCUT2D eigenvalue weighted by Crippen LogP contribution is -2.14. The van der Waals surface area contributed by atoms with Gasteiger partial charge in [0.1, 0.15) is 0 Å². The lowest BCUT2D eigenvalue weighted by atomic mass is 9.86. The molecule has 1 aliphatic rings. The highest BCUT2D eigenvalue weighted by Crippen LogP contribution is 2.36. The maximum Gasteiger partial charge on any atom is 0.165 e. The van der Waals surface area contributed by atoms with Gasteiger partial charge in [-0.3, -0.25) is 9.78 Å². The summed E-state index contributed by atoms with van der Waals surface area (Å²) in [6, 6.07) is 18.3. The van der Waals surface area contributed by atoms with Gasteiger partial charge in [0.2, 0.25) is 0 Å². The minimum absolute atomic E-state index is 0.230. The number of aryl methyl sites for hydroxylation is 1.